The molecule has 0 aliphatic carbocycles. The summed E-state index contributed by atoms with van der Waals surface area (Å²) in [5, 5.41) is 18.6. The summed E-state index contributed by atoms with van der Waals surface area (Å²) in [4.78, 5) is 24.6. The predicted octanol–water partition coefficient (Wildman–Crippen LogP) is 2.25. The zero-order valence-corrected chi connectivity index (χ0v) is 10.4. The highest BCUT2D eigenvalue weighted by Crippen LogP contribution is 2.33. The van der Waals surface area contributed by atoms with E-state index in [1.165, 1.54) is 17.0 Å². The Labute approximate surface area is 114 Å². The van der Waals surface area contributed by atoms with Gasteiger partial charge in [0.15, 0.2) is 0 Å². The van der Waals surface area contributed by atoms with Gasteiger partial charge >= 0.3 is 5.97 Å². The molecule has 0 saturated heterocycles. The van der Waals surface area contributed by atoms with E-state index in [9.17, 15) is 14.7 Å². The van der Waals surface area contributed by atoms with Crippen LogP contribution in [0.5, 0.6) is 5.75 Å². The second-order valence-electron chi connectivity index (χ2n) is 4.55. The normalized spacial score (nSPS) is 13.4. The van der Waals surface area contributed by atoms with Crippen molar-refractivity contribution >= 4 is 17.6 Å². The maximum atomic E-state index is 12.3. The van der Waals surface area contributed by atoms with Gasteiger partial charge in [-0.25, -0.2) is 4.79 Å². The van der Waals surface area contributed by atoms with Crippen LogP contribution in [0.3, 0.4) is 0 Å². The summed E-state index contributed by atoms with van der Waals surface area (Å²) in [6.45, 7) is 0.285. The van der Waals surface area contributed by atoms with Gasteiger partial charge in [0.25, 0.3) is 5.91 Å². The van der Waals surface area contributed by atoms with E-state index in [2.05, 4.69) is 0 Å². The average Bonchev–Trinajstić information content (AvgIpc) is 2.78. The average molecular weight is 269 g/mol. The molecule has 0 aromatic heterocycles. The van der Waals surface area contributed by atoms with Gasteiger partial charge in [-0.05, 0) is 36.4 Å². The minimum absolute atomic E-state index is 0.0977. The molecule has 0 bridgehead atoms. The van der Waals surface area contributed by atoms with Crippen molar-refractivity contribution in [3.8, 4) is 5.75 Å². The van der Waals surface area contributed by atoms with Crippen LogP contribution in [0.4, 0.5) is 5.69 Å². The molecular formula is C15H11NO4. The largest absolute Gasteiger partial charge is 0.508 e. The molecule has 0 saturated carbocycles. The van der Waals surface area contributed by atoms with Gasteiger partial charge in [0.2, 0.25) is 0 Å². The number of phenols is 1. The zero-order valence-electron chi connectivity index (χ0n) is 10.4. The van der Waals surface area contributed by atoms with Crippen LogP contribution >= 0.6 is 0 Å². The van der Waals surface area contributed by atoms with Gasteiger partial charge in [-0.15, -0.1) is 0 Å². The fourth-order valence-electron chi connectivity index (χ4n) is 2.31. The SMILES string of the molecule is O=C(O)c1ccc(N2Cc3c(O)cccc3C2=O)cc1. The number of carbonyl (C=O) groups is 2. The molecule has 0 spiro atoms. The maximum absolute atomic E-state index is 12.3. The summed E-state index contributed by atoms with van der Waals surface area (Å²) in [6, 6.07) is 10.9. The molecule has 1 aliphatic heterocycles. The molecule has 5 nitrogen and oxygen atoms in total. The number of rotatable bonds is 2. The Morgan fingerprint density at radius 1 is 1.10 bits per heavy atom. The molecule has 0 atom stereocenters. The number of fused-ring (bicyclic) bond motifs is 1. The molecule has 2 aromatic carbocycles. The van der Waals surface area contributed by atoms with Crippen molar-refractivity contribution in [3.05, 3.63) is 59.2 Å². The molecule has 5 heteroatoms. The molecule has 100 valence electrons. The number of nitrogens with zero attached hydrogens (tertiary/aromatic N) is 1. The molecule has 0 radical (unpaired) electrons. The van der Waals surface area contributed by atoms with Crippen molar-refractivity contribution < 1.29 is 19.8 Å². The second kappa shape index (κ2) is 4.38. The Morgan fingerprint density at radius 3 is 2.40 bits per heavy atom. The van der Waals surface area contributed by atoms with Crippen LogP contribution < -0.4 is 4.90 Å². The Bertz CT molecular complexity index is 706. The van der Waals surface area contributed by atoms with E-state index in [4.69, 9.17) is 5.11 Å². The maximum Gasteiger partial charge on any atom is 0.335 e. The summed E-state index contributed by atoms with van der Waals surface area (Å²) in [7, 11) is 0. The highest BCUT2D eigenvalue weighted by molar-refractivity contribution is 6.10. The molecule has 1 amide bonds. The number of hydrogen-bond donors (Lipinski definition) is 2. The van der Waals surface area contributed by atoms with Crippen molar-refractivity contribution in [3.63, 3.8) is 0 Å². The lowest BCUT2D eigenvalue weighted by Gasteiger charge is -2.15. The van der Waals surface area contributed by atoms with E-state index in [-0.39, 0.29) is 23.8 Å². The first-order valence-electron chi connectivity index (χ1n) is 6.04. The van der Waals surface area contributed by atoms with Crippen LogP contribution in [0, 0.1) is 0 Å². The lowest BCUT2D eigenvalue weighted by atomic mass is 10.1. The molecule has 20 heavy (non-hydrogen) atoms. The van der Waals surface area contributed by atoms with Gasteiger partial charge in [0.05, 0.1) is 12.1 Å². The molecule has 2 N–H and O–H groups in total. The van der Waals surface area contributed by atoms with Crippen LogP contribution in [0.25, 0.3) is 0 Å². The van der Waals surface area contributed by atoms with Gasteiger partial charge in [0.1, 0.15) is 5.75 Å². The Morgan fingerprint density at radius 2 is 1.80 bits per heavy atom. The van der Waals surface area contributed by atoms with Crippen LogP contribution in [0.1, 0.15) is 26.3 Å². The lowest BCUT2D eigenvalue weighted by molar-refractivity contribution is 0.0696. The van der Waals surface area contributed by atoms with Crippen molar-refractivity contribution in [1.29, 1.82) is 0 Å². The third-order valence-corrected chi connectivity index (χ3v) is 3.37. The fraction of sp³-hybridized carbons (Fsp3) is 0.0667. The third kappa shape index (κ3) is 1.80. The number of phenolic OH excluding ortho intramolecular Hbond substituents is 1. The molecule has 0 fully saturated rings. The quantitative estimate of drug-likeness (QED) is 0.876. The summed E-state index contributed by atoms with van der Waals surface area (Å²) < 4.78 is 0. The summed E-state index contributed by atoms with van der Waals surface area (Å²) >= 11 is 0. The molecular weight excluding hydrogens is 258 g/mol. The molecule has 0 unspecified atom stereocenters. The smallest absolute Gasteiger partial charge is 0.335 e. The van der Waals surface area contributed by atoms with Gasteiger partial charge in [0, 0.05) is 16.8 Å². The van der Waals surface area contributed by atoms with Crippen LogP contribution in [0.15, 0.2) is 42.5 Å². The summed E-state index contributed by atoms with van der Waals surface area (Å²) in [5.41, 5.74) is 1.85. The number of carbonyl (C=O) groups excluding carboxylic acids is 1. The minimum atomic E-state index is -1.01. The van der Waals surface area contributed by atoms with Gasteiger partial charge in [-0.3, -0.25) is 4.79 Å². The van der Waals surface area contributed by atoms with Gasteiger partial charge in [-0.1, -0.05) is 6.07 Å². The molecule has 1 aliphatic rings. The van der Waals surface area contributed by atoms with Gasteiger partial charge < -0.3 is 15.1 Å². The van der Waals surface area contributed by atoms with E-state index in [1.54, 1.807) is 30.3 Å². The molecule has 2 aromatic rings. The highest BCUT2D eigenvalue weighted by atomic mass is 16.4. The standard InChI is InChI=1S/C15H11NO4/c17-13-3-1-2-11-12(13)8-16(14(11)18)10-6-4-9(5-7-10)15(19)20/h1-7,17H,8H2,(H,19,20). The zero-order chi connectivity index (χ0) is 14.3. The number of benzene rings is 2. The molecule has 1 heterocycles. The molecule has 3 rings (SSSR count). The monoisotopic (exact) mass is 269 g/mol. The number of hydrogen-bond acceptors (Lipinski definition) is 3. The first kappa shape index (κ1) is 12.2. The first-order valence-corrected chi connectivity index (χ1v) is 6.04. The first-order chi connectivity index (χ1) is 9.58. The number of carboxylic acid groups (broad SMARTS) is 1. The van der Waals surface area contributed by atoms with Gasteiger partial charge in [-0.2, -0.15) is 0 Å². The number of amides is 1. The van der Waals surface area contributed by atoms with E-state index in [0.29, 0.717) is 16.8 Å². The second-order valence-corrected chi connectivity index (χ2v) is 4.55. The summed E-state index contributed by atoms with van der Waals surface area (Å²) in [5.74, 6) is -1.11. The van der Waals surface area contributed by atoms with Crippen molar-refractivity contribution in [2.75, 3.05) is 4.90 Å². The van der Waals surface area contributed by atoms with Crippen molar-refractivity contribution in [2.45, 2.75) is 6.54 Å². The van der Waals surface area contributed by atoms with E-state index in [1.807, 2.05) is 0 Å². The fourth-order valence-corrected chi connectivity index (χ4v) is 2.31. The number of anilines is 1. The van der Waals surface area contributed by atoms with Crippen LogP contribution in [-0.2, 0) is 6.54 Å². The Hall–Kier alpha value is -2.82. The van der Waals surface area contributed by atoms with E-state index < -0.39 is 5.97 Å². The topological polar surface area (TPSA) is 77.8 Å². The van der Waals surface area contributed by atoms with Crippen LogP contribution in [-0.4, -0.2) is 22.1 Å². The summed E-state index contributed by atoms with van der Waals surface area (Å²) in [6.07, 6.45) is 0. The van der Waals surface area contributed by atoms with Crippen molar-refractivity contribution in [2.24, 2.45) is 0 Å². The van der Waals surface area contributed by atoms with E-state index in [0.717, 1.165) is 0 Å². The third-order valence-electron chi connectivity index (χ3n) is 3.37. The number of aromatic hydroxyl groups is 1. The van der Waals surface area contributed by atoms with Crippen molar-refractivity contribution in [1.82, 2.24) is 0 Å². The Kier molecular flexibility index (Phi) is 2.68. The van der Waals surface area contributed by atoms with E-state index >= 15 is 0 Å². The minimum Gasteiger partial charge on any atom is -0.508 e. The lowest BCUT2D eigenvalue weighted by Crippen LogP contribution is -2.22. The number of carboxylic acids is 1. The Balaban J connectivity index is 1.96. The van der Waals surface area contributed by atoms with Crippen LogP contribution in [0.2, 0.25) is 0 Å². The highest BCUT2D eigenvalue weighted by Gasteiger charge is 2.30. The predicted molar refractivity (Wildman–Crippen MR) is 72.0 cm³/mol. The number of aromatic carboxylic acids is 1.